The molecule has 5 fully saturated rings. The molecule has 1 amide bonds. The van der Waals surface area contributed by atoms with Crippen molar-refractivity contribution in [2.24, 2.45) is 17.8 Å². The highest BCUT2D eigenvalue weighted by atomic mass is 35.5. The number of aliphatic hydroxyl groups is 1. The van der Waals surface area contributed by atoms with Crippen LogP contribution in [0, 0.1) is 17.8 Å². The summed E-state index contributed by atoms with van der Waals surface area (Å²) < 4.78 is 1.77. The number of halogens is 1. The predicted octanol–water partition coefficient (Wildman–Crippen LogP) is 2.54. The predicted molar refractivity (Wildman–Crippen MR) is 85.3 cm³/mol. The Labute approximate surface area is 140 Å². The zero-order chi connectivity index (χ0) is 15.8. The lowest BCUT2D eigenvalue weighted by molar-refractivity contribution is -0.136. The fourth-order valence-electron chi connectivity index (χ4n) is 5.52. The molecule has 5 saturated carbocycles. The van der Waals surface area contributed by atoms with Gasteiger partial charge in [-0.15, -0.1) is 0 Å². The van der Waals surface area contributed by atoms with Crippen molar-refractivity contribution in [3.05, 3.63) is 16.9 Å². The van der Waals surface area contributed by atoms with E-state index >= 15 is 0 Å². The molecule has 124 valence electrons. The van der Waals surface area contributed by atoms with Gasteiger partial charge in [0.25, 0.3) is 5.91 Å². The fourth-order valence-corrected chi connectivity index (χ4v) is 5.84. The first-order valence-corrected chi connectivity index (χ1v) is 9.16. The molecule has 6 rings (SSSR count). The molecular formula is C17H22ClN3O2. The van der Waals surface area contributed by atoms with Crippen LogP contribution in [0.1, 0.15) is 61.3 Å². The Morgan fingerprint density at radius 3 is 2.61 bits per heavy atom. The van der Waals surface area contributed by atoms with Gasteiger partial charge in [-0.3, -0.25) is 9.48 Å². The Balaban J connectivity index is 1.35. The highest BCUT2D eigenvalue weighted by Crippen LogP contribution is 2.55. The molecule has 0 aromatic carbocycles. The number of hydrogen-bond donors (Lipinski definition) is 2. The van der Waals surface area contributed by atoms with Gasteiger partial charge in [0.1, 0.15) is 5.15 Å². The Hall–Kier alpha value is -1.07. The van der Waals surface area contributed by atoms with Crippen LogP contribution in [0.2, 0.25) is 5.15 Å². The molecule has 0 aliphatic heterocycles. The molecule has 5 aliphatic rings. The molecule has 5 aliphatic carbocycles. The molecule has 1 heterocycles. The van der Waals surface area contributed by atoms with E-state index in [4.69, 9.17) is 11.6 Å². The van der Waals surface area contributed by atoms with Crippen LogP contribution in [0.5, 0.6) is 0 Å². The molecule has 23 heavy (non-hydrogen) atoms. The fraction of sp³-hybridized carbons (Fsp3) is 0.765. The second kappa shape index (κ2) is 4.73. The van der Waals surface area contributed by atoms with E-state index in [0.29, 0.717) is 34.5 Å². The van der Waals surface area contributed by atoms with Crippen LogP contribution in [-0.4, -0.2) is 32.4 Å². The topological polar surface area (TPSA) is 67.2 Å². The summed E-state index contributed by atoms with van der Waals surface area (Å²) in [6.45, 7) is 0. The Morgan fingerprint density at radius 2 is 2.00 bits per heavy atom. The second-order valence-electron chi connectivity index (χ2n) is 8.22. The van der Waals surface area contributed by atoms with Crippen LogP contribution in [0.15, 0.2) is 6.20 Å². The number of rotatable bonds is 3. The third-order valence-corrected chi connectivity index (χ3v) is 6.79. The van der Waals surface area contributed by atoms with E-state index in [1.165, 1.54) is 0 Å². The van der Waals surface area contributed by atoms with Gasteiger partial charge in [-0.1, -0.05) is 11.6 Å². The van der Waals surface area contributed by atoms with Crippen LogP contribution < -0.4 is 5.32 Å². The van der Waals surface area contributed by atoms with E-state index in [1.807, 2.05) is 0 Å². The summed E-state index contributed by atoms with van der Waals surface area (Å²) in [6.07, 6.45) is 8.68. The summed E-state index contributed by atoms with van der Waals surface area (Å²) in [6, 6.07) is 0.555. The number of carbonyl (C=O) groups excluding carboxylic acids is 1. The molecule has 4 bridgehead atoms. The molecule has 5 nitrogen and oxygen atoms in total. The normalized spacial score (nSPS) is 41.3. The van der Waals surface area contributed by atoms with Gasteiger partial charge in [0.05, 0.1) is 23.4 Å². The molecular weight excluding hydrogens is 314 g/mol. The Morgan fingerprint density at radius 1 is 1.30 bits per heavy atom. The maximum Gasteiger partial charge on any atom is 0.256 e. The average Bonchev–Trinajstić information content (AvgIpc) is 3.24. The number of nitrogens with one attached hydrogen (secondary N) is 1. The van der Waals surface area contributed by atoms with Gasteiger partial charge in [-0.25, -0.2) is 0 Å². The highest BCUT2D eigenvalue weighted by Gasteiger charge is 2.55. The van der Waals surface area contributed by atoms with E-state index in [2.05, 4.69) is 10.4 Å². The molecule has 2 N–H and O–H groups in total. The lowest BCUT2D eigenvalue weighted by Crippen LogP contribution is -2.61. The van der Waals surface area contributed by atoms with Crippen LogP contribution in [-0.2, 0) is 0 Å². The van der Waals surface area contributed by atoms with Crippen LogP contribution in [0.25, 0.3) is 0 Å². The molecule has 1 aromatic rings. The van der Waals surface area contributed by atoms with Crippen molar-refractivity contribution in [3.63, 3.8) is 0 Å². The van der Waals surface area contributed by atoms with Crippen molar-refractivity contribution in [2.45, 2.75) is 62.6 Å². The monoisotopic (exact) mass is 335 g/mol. The zero-order valence-corrected chi connectivity index (χ0v) is 13.8. The van der Waals surface area contributed by atoms with Crippen molar-refractivity contribution < 1.29 is 9.90 Å². The largest absolute Gasteiger partial charge is 0.390 e. The minimum Gasteiger partial charge on any atom is -0.390 e. The number of carbonyl (C=O) groups is 1. The maximum absolute atomic E-state index is 12.7. The average molecular weight is 336 g/mol. The molecule has 6 heteroatoms. The first-order chi connectivity index (χ1) is 11.0. The number of hydrogen-bond acceptors (Lipinski definition) is 3. The number of aromatic nitrogens is 2. The van der Waals surface area contributed by atoms with Gasteiger partial charge < -0.3 is 10.4 Å². The minimum absolute atomic E-state index is 0.105. The summed E-state index contributed by atoms with van der Waals surface area (Å²) in [5, 5.41) is 18.6. The van der Waals surface area contributed by atoms with Gasteiger partial charge >= 0.3 is 0 Å². The number of amides is 1. The summed E-state index contributed by atoms with van der Waals surface area (Å²) in [4.78, 5) is 12.7. The summed E-state index contributed by atoms with van der Waals surface area (Å²) >= 11 is 6.34. The lowest BCUT2D eigenvalue weighted by Gasteiger charge is -2.58. The third kappa shape index (κ3) is 2.23. The van der Waals surface area contributed by atoms with Crippen molar-refractivity contribution >= 4 is 17.5 Å². The highest BCUT2D eigenvalue weighted by molar-refractivity contribution is 6.32. The smallest absolute Gasteiger partial charge is 0.256 e. The van der Waals surface area contributed by atoms with E-state index in [1.54, 1.807) is 10.9 Å². The molecule has 2 unspecified atom stereocenters. The number of nitrogens with zero attached hydrogens (tertiary/aromatic N) is 2. The van der Waals surface area contributed by atoms with E-state index in [0.717, 1.165) is 44.9 Å². The van der Waals surface area contributed by atoms with Crippen molar-refractivity contribution in [2.75, 3.05) is 0 Å². The van der Waals surface area contributed by atoms with Crippen LogP contribution >= 0.6 is 11.6 Å². The summed E-state index contributed by atoms with van der Waals surface area (Å²) in [5.41, 5.74) is 0.0257. The van der Waals surface area contributed by atoms with Crippen LogP contribution in [0.4, 0.5) is 0 Å². The van der Waals surface area contributed by atoms with Gasteiger partial charge in [-0.05, 0) is 62.7 Å². The van der Waals surface area contributed by atoms with E-state index < -0.39 is 5.60 Å². The van der Waals surface area contributed by atoms with Gasteiger partial charge in [0.15, 0.2) is 0 Å². The molecule has 0 saturated heterocycles. The molecule has 1 aromatic heterocycles. The molecule has 0 radical (unpaired) electrons. The lowest BCUT2D eigenvalue weighted by atomic mass is 9.52. The van der Waals surface area contributed by atoms with Gasteiger partial charge in [-0.2, -0.15) is 5.10 Å². The first-order valence-electron chi connectivity index (χ1n) is 8.79. The van der Waals surface area contributed by atoms with Gasteiger partial charge in [0.2, 0.25) is 0 Å². The Bertz CT molecular complexity index is 653. The second-order valence-corrected chi connectivity index (χ2v) is 8.58. The van der Waals surface area contributed by atoms with Crippen molar-refractivity contribution in [1.29, 1.82) is 0 Å². The molecule has 0 spiro atoms. The first kappa shape index (κ1) is 14.3. The summed E-state index contributed by atoms with van der Waals surface area (Å²) in [5.74, 6) is 1.36. The standard InChI is InChI=1S/C17H22ClN3O2/c18-15-13(8-19-21(15)12-1-2-12)16(22)20-14-10-3-9-4-11(14)7-17(23,5-9)6-10/h8-12,14,23H,1-7H2,(H,20,22)/t9?,10?,11?,14-,17-. The van der Waals surface area contributed by atoms with E-state index in [9.17, 15) is 9.90 Å². The quantitative estimate of drug-likeness (QED) is 0.892. The van der Waals surface area contributed by atoms with Crippen LogP contribution in [0.3, 0.4) is 0 Å². The Kier molecular flexibility index (Phi) is 2.94. The molecule has 2 atom stereocenters. The maximum atomic E-state index is 12.7. The van der Waals surface area contributed by atoms with Crippen molar-refractivity contribution in [1.82, 2.24) is 15.1 Å². The van der Waals surface area contributed by atoms with Crippen molar-refractivity contribution in [3.8, 4) is 0 Å². The third-order valence-electron chi connectivity index (χ3n) is 6.41. The van der Waals surface area contributed by atoms with E-state index in [-0.39, 0.29) is 11.9 Å². The summed E-state index contributed by atoms with van der Waals surface area (Å²) in [7, 11) is 0. The minimum atomic E-state index is -0.466. The SMILES string of the molecule is O=C(N[C@H]1C2CC3CC1C[C@](O)(C3)C2)c1cnn(C2CC2)c1Cl. The van der Waals surface area contributed by atoms with Gasteiger partial charge in [0, 0.05) is 6.04 Å². The zero-order valence-electron chi connectivity index (χ0n) is 13.0.